The lowest BCUT2D eigenvalue weighted by molar-refractivity contribution is -0.134. The Morgan fingerprint density at radius 2 is 1.96 bits per heavy atom. The number of nitrogens with zero attached hydrogens (tertiary/aromatic N) is 6. The van der Waals surface area contributed by atoms with Crippen molar-refractivity contribution in [1.82, 2.24) is 25.1 Å². The van der Waals surface area contributed by atoms with Crippen LogP contribution >= 0.6 is 11.6 Å². The number of rotatable bonds is 6. The van der Waals surface area contributed by atoms with Crippen LogP contribution in [-0.4, -0.2) is 63.6 Å². The molecule has 3 N–H and O–H groups in total. The van der Waals surface area contributed by atoms with Crippen molar-refractivity contribution >= 4 is 69.1 Å². The fraction of sp³-hybridized carbons (Fsp3) is 0.312. The normalized spacial score (nSPS) is 19.9. The summed E-state index contributed by atoms with van der Waals surface area (Å²) in [6.07, 6.45) is 3.14. The number of nitrogens with one attached hydrogen (secondary N) is 3. The summed E-state index contributed by atoms with van der Waals surface area (Å²) < 4.78 is 16.7. The first-order chi connectivity index (χ1) is 22.0. The van der Waals surface area contributed by atoms with Crippen molar-refractivity contribution in [2.24, 2.45) is 7.05 Å². The number of anilines is 5. The Labute approximate surface area is 268 Å². The highest BCUT2D eigenvalue weighted by molar-refractivity contribution is 6.33. The van der Waals surface area contributed by atoms with Gasteiger partial charge in [0.05, 0.1) is 47.2 Å². The first-order valence-electron chi connectivity index (χ1n) is 14.9. The molecule has 3 amide bonds. The molecule has 0 radical (unpaired) electrons. The van der Waals surface area contributed by atoms with E-state index in [1.807, 2.05) is 30.1 Å². The van der Waals surface area contributed by atoms with Gasteiger partial charge in [-0.25, -0.2) is 9.37 Å². The van der Waals surface area contributed by atoms with Gasteiger partial charge in [0, 0.05) is 50.7 Å². The number of amides is 3. The molecule has 0 unspecified atom stereocenters. The third kappa shape index (κ3) is 5.30. The zero-order valence-electron chi connectivity index (χ0n) is 25.2. The van der Waals surface area contributed by atoms with Crippen LogP contribution in [0.5, 0.6) is 0 Å². The van der Waals surface area contributed by atoms with E-state index in [1.165, 1.54) is 17.2 Å². The van der Waals surface area contributed by atoms with E-state index in [0.717, 1.165) is 34.1 Å². The van der Waals surface area contributed by atoms with Crippen LogP contribution in [0.25, 0.3) is 10.9 Å². The molecule has 0 aliphatic carbocycles. The zero-order valence-corrected chi connectivity index (χ0v) is 26.0. The Balaban J connectivity index is 1.04. The largest absolute Gasteiger partial charge is 0.378 e. The maximum Gasteiger partial charge on any atom is 0.235 e. The fourth-order valence-electron chi connectivity index (χ4n) is 6.36. The van der Waals surface area contributed by atoms with Gasteiger partial charge < -0.3 is 20.4 Å². The molecule has 4 aromatic rings. The Morgan fingerprint density at radius 3 is 2.74 bits per heavy atom. The lowest BCUT2D eigenvalue weighted by Crippen LogP contribution is -2.41. The number of carbonyl (C=O) groups excluding carboxylic acids is 3. The van der Waals surface area contributed by atoms with Crippen LogP contribution in [0.2, 0.25) is 5.02 Å². The van der Waals surface area contributed by atoms with Crippen molar-refractivity contribution in [3.8, 4) is 0 Å². The first kappa shape index (κ1) is 29.7. The van der Waals surface area contributed by atoms with Crippen molar-refractivity contribution in [2.45, 2.75) is 37.6 Å². The number of benzene rings is 2. The highest BCUT2D eigenvalue weighted by atomic mass is 35.5. The van der Waals surface area contributed by atoms with Gasteiger partial charge in [0.25, 0.3) is 0 Å². The highest BCUT2D eigenvalue weighted by Gasteiger charge is 2.32. The van der Waals surface area contributed by atoms with Crippen molar-refractivity contribution in [3.63, 3.8) is 0 Å². The van der Waals surface area contributed by atoms with Crippen molar-refractivity contribution < 1.29 is 18.8 Å². The molecule has 5 heterocycles. The predicted octanol–water partition coefficient (Wildman–Crippen LogP) is 4.19. The lowest BCUT2D eigenvalue weighted by atomic mass is 9.92. The molecule has 2 fully saturated rings. The molecule has 0 spiro atoms. The number of fused-ring (bicyclic) bond motifs is 2. The van der Waals surface area contributed by atoms with E-state index in [0.29, 0.717) is 43.3 Å². The second kappa shape index (κ2) is 11.4. The highest BCUT2D eigenvalue weighted by Crippen LogP contribution is 2.36. The summed E-state index contributed by atoms with van der Waals surface area (Å²) in [5.74, 6) is -0.949. The van der Waals surface area contributed by atoms with E-state index in [2.05, 4.69) is 37.6 Å². The van der Waals surface area contributed by atoms with E-state index in [1.54, 1.807) is 17.8 Å². The molecule has 7 rings (SSSR count). The number of aryl methyl sites for hydroxylation is 1. The maximum absolute atomic E-state index is 15.0. The molecule has 46 heavy (non-hydrogen) atoms. The summed E-state index contributed by atoms with van der Waals surface area (Å²) in [7, 11) is 3.47. The summed E-state index contributed by atoms with van der Waals surface area (Å²) in [4.78, 5) is 48.6. The minimum absolute atomic E-state index is 0.0113. The van der Waals surface area contributed by atoms with Gasteiger partial charge in [-0.3, -0.25) is 24.4 Å². The smallest absolute Gasteiger partial charge is 0.235 e. The van der Waals surface area contributed by atoms with Gasteiger partial charge in [-0.2, -0.15) is 10.1 Å². The average Bonchev–Trinajstić information content (AvgIpc) is 3.49. The monoisotopic (exact) mass is 643 g/mol. The molecule has 14 heteroatoms. The number of imide groups is 1. The molecule has 2 aromatic heterocycles. The van der Waals surface area contributed by atoms with Crippen molar-refractivity contribution in [2.75, 3.05) is 40.6 Å². The van der Waals surface area contributed by atoms with Gasteiger partial charge in [0.2, 0.25) is 23.7 Å². The Bertz CT molecular complexity index is 1960. The van der Waals surface area contributed by atoms with Crippen molar-refractivity contribution in [1.29, 1.82) is 0 Å². The molecule has 236 valence electrons. The van der Waals surface area contributed by atoms with Crippen LogP contribution in [-0.2, 0) is 27.9 Å². The van der Waals surface area contributed by atoms with Crippen LogP contribution in [0.4, 0.5) is 33.2 Å². The minimum atomic E-state index is -0.520. The summed E-state index contributed by atoms with van der Waals surface area (Å²) in [6.45, 7) is 5.45. The van der Waals surface area contributed by atoms with E-state index in [4.69, 9.17) is 11.6 Å². The average molecular weight is 644 g/mol. The molecule has 2 saturated heterocycles. The maximum atomic E-state index is 15.0. The number of hydrogen-bond acceptors (Lipinski definition) is 9. The van der Waals surface area contributed by atoms with Gasteiger partial charge >= 0.3 is 0 Å². The van der Waals surface area contributed by atoms with Crippen LogP contribution in [0.3, 0.4) is 0 Å². The lowest BCUT2D eigenvalue weighted by Gasteiger charge is -2.35. The molecule has 0 saturated carbocycles. The molecule has 2 aromatic carbocycles. The van der Waals surface area contributed by atoms with Crippen LogP contribution in [0.15, 0.2) is 48.7 Å². The van der Waals surface area contributed by atoms with E-state index < -0.39 is 11.7 Å². The van der Waals surface area contributed by atoms with Crippen molar-refractivity contribution in [3.05, 3.63) is 70.8 Å². The summed E-state index contributed by atoms with van der Waals surface area (Å²) in [6, 6.07) is 8.86. The summed E-state index contributed by atoms with van der Waals surface area (Å²) in [5.41, 5.74) is 4.83. The predicted molar refractivity (Wildman–Crippen MR) is 173 cm³/mol. The van der Waals surface area contributed by atoms with E-state index in [-0.39, 0.29) is 46.7 Å². The molecule has 3 aliphatic rings. The van der Waals surface area contributed by atoms with Gasteiger partial charge in [0.1, 0.15) is 10.8 Å². The van der Waals surface area contributed by atoms with E-state index in [9.17, 15) is 18.8 Å². The molecule has 12 nitrogen and oxygen atoms in total. The van der Waals surface area contributed by atoms with Gasteiger partial charge in [-0.05, 0) is 48.2 Å². The molecular weight excluding hydrogens is 613 g/mol. The van der Waals surface area contributed by atoms with Crippen LogP contribution < -0.4 is 25.8 Å². The van der Waals surface area contributed by atoms with Crippen LogP contribution in [0.1, 0.15) is 36.4 Å². The third-order valence-corrected chi connectivity index (χ3v) is 9.15. The topological polar surface area (TPSA) is 137 Å². The Morgan fingerprint density at radius 1 is 1.13 bits per heavy atom. The third-order valence-electron chi connectivity index (χ3n) is 8.88. The number of aromatic nitrogens is 4. The molecule has 2 atom stereocenters. The Kier molecular flexibility index (Phi) is 7.35. The first-order valence-corrected chi connectivity index (χ1v) is 15.3. The van der Waals surface area contributed by atoms with E-state index >= 15 is 0 Å². The van der Waals surface area contributed by atoms with Crippen LogP contribution in [0, 0.1) is 5.82 Å². The van der Waals surface area contributed by atoms with Gasteiger partial charge in [-0.1, -0.05) is 18.2 Å². The minimum Gasteiger partial charge on any atom is -0.378 e. The zero-order chi connectivity index (χ0) is 32.3. The van der Waals surface area contributed by atoms with Gasteiger partial charge in [0.15, 0.2) is 5.82 Å². The standard InChI is InChI=1S/C32H31ClFN9O3/c1-16-15-43(32-35-14-21(33)30(39-32)37-24-10-17-11-28(45)41(2)25(17)13-22(24)34)9-8-23(16)36-18-4-5-19-26(12-18)42(3)40-29(19)20-6-7-27(44)38-31(20)46/h4-5,10,12-14,20,23,36H,1,6-9,11,15H2,2-3H3,(H,35,37,39)(H,38,44,46)/t20-,23+/m0/s1. The number of piperidine rings is 2. The SMILES string of the molecule is C=C1CN(c2ncc(Cl)c(Nc3cc4c(cc3F)N(C)C(=O)C4)n2)CC[C@H]1Nc1ccc2c([C@@H]3CCC(=O)NC3=O)nn(C)c2c1. The second-order valence-corrected chi connectivity index (χ2v) is 12.3. The molecule has 3 aliphatic heterocycles. The second-order valence-electron chi connectivity index (χ2n) is 11.9. The number of hydrogen-bond donors (Lipinski definition) is 3. The number of halogens is 2. The fourth-order valence-corrected chi connectivity index (χ4v) is 6.49. The number of carbonyl (C=O) groups is 3. The quantitative estimate of drug-likeness (QED) is 0.209. The molecule has 0 bridgehead atoms. The summed E-state index contributed by atoms with van der Waals surface area (Å²) in [5, 5.41) is 14.7. The number of likely N-dealkylation sites (N-methyl/N-ethyl adjacent to an activating group) is 1. The van der Waals surface area contributed by atoms with Gasteiger partial charge in [-0.15, -0.1) is 0 Å². The Hall–Kier alpha value is -5.04. The molecular formula is C32H31ClFN9O3. The summed E-state index contributed by atoms with van der Waals surface area (Å²) >= 11 is 6.40.